The molecule has 0 saturated heterocycles. The maximum absolute atomic E-state index is 13.9. The van der Waals surface area contributed by atoms with Crippen LogP contribution in [0.2, 0.25) is 0 Å². The molecule has 2 aliphatic rings. The Labute approximate surface area is 153 Å². The van der Waals surface area contributed by atoms with Crippen molar-refractivity contribution in [3.63, 3.8) is 0 Å². The Balaban J connectivity index is 1.47. The summed E-state index contributed by atoms with van der Waals surface area (Å²) in [4.78, 5) is 16.2. The van der Waals surface area contributed by atoms with Crippen LogP contribution >= 0.6 is 27.3 Å². The molecule has 1 saturated carbocycles. The Bertz CT molecular complexity index is 774. The number of hydrogen-bond donors (Lipinski definition) is 1. The molecule has 1 aromatic carbocycles. The average Bonchev–Trinajstić information content (AvgIpc) is 3.26. The highest BCUT2D eigenvalue weighted by Crippen LogP contribution is 2.48. The zero-order valence-electron chi connectivity index (χ0n) is 13.1. The molecule has 1 aliphatic heterocycles. The molecule has 1 N–H and O–H groups in total. The van der Waals surface area contributed by atoms with Crippen molar-refractivity contribution in [3.8, 4) is 0 Å². The van der Waals surface area contributed by atoms with Gasteiger partial charge in [-0.25, -0.2) is 4.39 Å². The van der Waals surface area contributed by atoms with E-state index in [0.717, 1.165) is 13.0 Å². The van der Waals surface area contributed by atoms with Gasteiger partial charge in [-0.2, -0.15) is 0 Å². The maximum Gasteiger partial charge on any atom is 0.238 e. The van der Waals surface area contributed by atoms with Crippen LogP contribution in [0.4, 0.5) is 10.1 Å². The Hall–Kier alpha value is -1.24. The number of thiophene rings is 1. The van der Waals surface area contributed by atoms with Gasteiger partial charge >= 0.3 is 0 Å². The van der Waals surface area contributed by atoms with Gasteiger partial charge in [-0.05, 0) is 60.4 Å². The lowest BCUT2D eigenvalue weighted by Gasteiger charge is -2.35. The van der Waals surface area contributed by atoms with Crippen molar-refractivity contribution < 1.29 is 9.18 Å². The third-order valence-corrected chi connectivity index (χ3v) is 6.23. The van der Waals surface area contributed by atoms with Crippen LogP contribution in [0.25, 0.3) is 0 Å². The number of carbonyl (C=O) groups is 1. The van der Waals surface area contributed by atoms with Gasteiger partial charge in [-0.15, -0.1) is 11.3 Å². The van der Waals surface area contributed by atoms with E-state index in [4.69, 9.17) is 0 Å². The van der Waals surface area contributed by atoms with E-state index in [9.17, 15) is 9.18 Å². The molecule has 0 bridgehead atoms. The fraction of sp³-hybridized carbons (Fsp3) is 0.389. The fourth-order valence-electron chi connectivity index (χ4n) is 3.50. The zero-order valence-corrected chi connectivity index (χ0v) is 15.5. The topological polar surface area (TPSA) is 32.3 Å². The second kappa shape index (κ2) is 6.58. The molecular formula is C18H18BrFN2OS. The minimum atomic E-state index is -0.421. The Morgan fingerprint density at radius 3 is 2.96 bits per heavy atom. The summed E-state index contributed by atoms with van der Waals surface area (Å²) in [5.41, 5.74) is 1.63. The molecule has 4 rings (SSSR count). The van der Waals surface area contributed by atoms with E-state index >= 15 is 0 Å². The largest absolute Gasteiger partial charge is 0.322 e. The molecule has 0 spiro atoms. The van der Waals surface area contributed by atoms with Crippen LogP contribution in [-0.2, 0) is 11.2 Å². The van der Waals surface area contributed by atoms with Crippen molar-refractivity contribution in [2.45, 2.75) is 25.3 Å². The van der Waals surface area contributed by atoms with Crippen LogP contribution in [0.15, 0.2) is 34.1 Å². The number of halogens is 2. The lowest BCUT2D eigenvalue weighted by molar-refractivity contribution is -0.118. The van der Waals surface area contributed by atoms with Crippen LogP contribution in [0, 0.1) is 11.7 Å². The summed E-state index contributed by atoms with van der Waals surface area (Å²) in [6.07, 6.45) is 3.47. The molecule has 3 nitrogen and oxygen atoms in total. The van der Waals surface area contributed by atoms with Gasteiger partial charge < -0.3 is 5.32 Å². The van der Waals surface area contributed by atoms with Crippen LogP contribution in [0.1, 0.15) is 29.3 Å². The lowest BCUT2D eigenvalue weighted by atomic mass is 9.96. The third-order valence-electron chi connectivity index (χ3n) is 4.74. The Morgan fingerprint density at radius 2 is 2.21 bits per heavy atom. The van der Waals surface area contributed by atoms with E-state index in [-0.39, 0.29) is 11.6 Å². The molecule has 1 fully saturated rings. The predicted molar refractivity (Wildman–Crippen MR) is 97.8 cm³/mol. The van der Waals surface area contributed by atoms with Gasteiger partial charge in [0.25, 0.3) is 0 Å². The monoisotopic (exact) mass is 408 g/mol. The normalized spacial score (nSPS) is 20.7. The molecule has 1 aromatic heterocycles. The molecule has 2 aromatic rings. The number of carbonyl (C=O) groups excluding carboxylic acids is 1. The van der Waals surface area contributed by atoms with Gasteiger partial charge in [0.1, 0.15) is 5.82 Å². The van der Waals surface area contributed by atoms with Crippen LogP contribution < -0.4 is 5.32 Å². The van der Waals surface area contributed by atoms with Gasteiger partial charge in [0.15, 0.2) is 0 Å². The van der Waals surface area contributed by atoms with Gasteiger partial charge in [0.2, 0.25) is 5.91 Å². The zero-order chi connectivity index (χ0) is 16.7. The van der Waals surface area contributed by atoms with Crippen molar-refractivity contribution in [2.24, 2.45) is 5.92 Å². The van der Waals surface area contributed by atoms with E-state index in [2.05, 4.69) is 37.6 Å². The Morgan fingerprint density at radius 1 is 1.38 bits per heavy atom. The lowest BCUT2D eigenvalue weighted by Crippen LogP contribution is -2.41. The molecule has 6 heteroatoms. The van der Waals surface area contributed by atoms with Crippen LogP contribution in [0.3, 0.4) is 0 Å². The minimum Gasteiger partial charge on any atom is -0.322 e. The molecule has 1 atom stereocenters. The summed E-state index contributed by atoms with van der Waals surface area (Å²) in [6, 6.07) is 7.23. The van der Waals surface area contributed by atoms with Crippen molar-refractivity contribution >= 4 is 38.9 Å². The van der Waals surface area contributed by atoms with Crippen LogP contribution in [-0.4, -0.2) is 23.9 Å². The Kier molecular flexibility index (Phi) is 4.45. The molecule has 1 aliphatic carbocycles. The SMILES string of the molecule is O=C(CN1CCc2sccc2[C@@H]1C1CC1)Nc1ccc(Br)cc1F. The highest BCUT2D eigenvalue weighted by atomic mass is 79.9. The summed E-state index contributed by atoms with van der Waals surface area (Å²) in [5, 5.41) is 4.86. The van der Waals surface area contributed by atoms with Crippen molar-refractivity contribution in [2.75, 3.05) is 18.4 Å². The standard InChI is InChI=1S/C18H18BrFN2OS/c19-12-3-4-15(14(20)9-12)21-17(23)10-22-7-5-16-13(6-8-24-16)18(22)11-1-2-11/h3-4,6,8-9,11,18H,1-2,5,7,10H2,(H,21,23)/t18-/m0/s1. The summed E-state index contributed by atoms with van der Waals surface area (Å²) in [6.45, 7) is 1.21. The van der Waals surface area contributed by atoms with Crippen LogP contribution in [0.5, 0.6) is 0 Å². The predicted octanol–water partition coefficient (Wildman–Crippen LogP) is 4.60. The first-order valence-corrected chi connectivity index (χ1v) is 9.84. The van der Waals surface area contributed by atoms with E-state index < -0.39 is 5.82 Å². The fourth-order valence-corrected chi connectivity index (χ4v) is 4.75. The number of hydrogen-bond acceptors (Lipinski definition) is 3. The minimum absolute atomic E-state index is 0.152. The molecule has 2 heterocycles. The van der Waals surface area contributed by atoms with E-state index in [1.54, 1.807) is 12.1 Å². The molecule has 0 unspecified atom stereocenters. The maximum atomic E-state index is 13.9. The van der Waals surface area contributed by atoms with Gasteiger partial charge in [-0.3, -0.25) is 9.69 Å². The number of nitrogens with zero attached hydrogens (tertiary/aromatic N) is 1. The quantitative estimate of drug-likeness (QED) is 0.801. The highest BCUT2D eigenvalue weighted by Gasteiger charge is 2.40. The number of amides is 1. The second-order valence-electron chi connectivity index (χ2n) is 6.47. The van der Waals surface area contributed by atoms with Gasteiger partial charge in [0, 0.05) is 21.9 Å². The second-order valence-corrected chi connectivity index (χ2v) is 8.39. The molecule has 1 amide bonds. The van der Waals surface area contributed by atoms with Crippen molar-refractivity contribution in [1.82, 2.24) is 4.90 Å². The highest BCUT2D eigenvalue weighted by molar-refractivity contribution is 9.10. The molecule has 0 radical (unpaired) electrons. The molecular weight excluding hydrogens is 391 g/mol. The molecule has 126 valence electrons. The summed E-state index contributed by atoms with van der Waals surface area (Å²) in [5.74, 6) is 0.0895. The number of fused-ring (bicyclic) bond motifs is 1. The number of rotatable bonds is 4. The molecule has 24 heavy (non-hydrogen) atoms. The van der Waals surface area contributed by atoms with Crippen molar-refractivity contribution in [1.29, 1.82) is 0 Å². The summed E-state index contributed by atoms with van der Waals surface area (Å²) < 4.78 is 14.6. The number of nitrogens with one attached hydrogen (secondary N) is 1. The van der Waals surface area contributed by atoms with E-state index in [0.29, 0.717) is 23.0 Å². The summed E-state index contributed by atoms with van der Waals surface area (Å²) in [7, 11) is 0. The number of anilines is 1. The summed E-state index contributed by atoms with van der Waals surface area (Å²) >= 11 is 5.04. The van der Waals surface area contributed by atoms with E-state index in [1.165, 1.54) is 29.3 Å². The number of benzene rings is 1. The van der Waals surface area contributed by atoms with E-state index in [1.807, 2.05) is 11.3 Å². The first-order valence-electron chi connectivity index (χ1n) is 8.17. The first kappa shape index (κ1) is 16.2. The third kappa shape index (κ3) is 3.27. The smallest absolute Gasteiger partial charge is 0.238 e. The van der Waals surface area contributed by atoms with Gasteiger partial charge in [0.05, 0.1) is 12.2 Å². The first-order chi connectivity index (χ1) is 11.6. The van der Waals surface area contributed by atoms with Gasteiger partial charge in [-0.1, -0.05) is 15.9 Å². The van der Waals surface area contributed by atoms with Crippen molar-refractivity contribution in [3.05, 3.63) is 50.4 Å². The average molecular weight is 409 g/mol.